The average molecular weight is 630 g/mol. The highest BCUT2D eigenvalue weighted by atomic mass is 35.5. The molecule has 0 radical (unpaired) electrons. The summed E-state index contributed by atoms with van der Waals surface area (Å²) in [4.78, 5) is 28.8. The van der Waals surface area contributed by atoms with E-state index in [-0.39, 0.29) is 56.6 Å². The number of benzene rings is 3. The Kier molecular flexibility index (Phi) is 11.9. The number of morpholine rings is 1. The first-order valence-electron chi connectivity index (χ1n) is 14.0. The van der Waals surface area contributed by atoms with E-state index < -0.39 is 22.0 Å². The molecule has 0 saturated carbocycles. The summed E-state index contributed by atoms with van der Waals surface area (Å²) in [5.74, 6) is -0.469. The molecule has 2 amide bonds. The van der Waals surface area contributed by atoms with Gasteiger partial charge >= 0.3 is 0 Å². The van der Waals surface area contributed by atoms with Crippen LogP contribution in [0, 0.1) is 0 Å². The molecule has 1 atom stereocenters. The lowest BCUT2D eigenvalue weighted by molar-refractivity contribution is -0.142. The highest BCUT2D eigenvalue weighted by Gasteiger charge is 2.31. The topological polar surface area (TPSA) is 125 Å². The average Bonchev–Trinajstić information content (AvgIpc) is 3.03. The lowest BCUT2D eigenvalue weighted by Gasteiger charge is -2.31. The summed E-state index contributed by atoms with van der Waals surface area (Å²) >= 11 is 6.07. The van der Waals surface area contributed by atoms with E-state index in [0.717, 1.165) is 11.1 Å². The molecule has 2 N–H and O–H groups in total. The largest absolute Gasteiger partial charge is 0.484 e. The van der Waals surface area contributed by atoms with Crippen LogP contribution in [0.15, 0.2) is 83.8 Å². The van der Waals surface area contributed by atoms with Gasteiger partial charge in [0.2, 0.25) is 15.9 Å². The Hall–Kier alpha value is -3.48. The van der Waals surface area contributed by atoms with E-state index >= 15 is 0 Å². The molecular formula is C31H36ClN3O7S. The molecule has 0 unspecified atom stereocenters. The molecular weight excluding hydrogens is 594 g/mol. The predicted octanol–water partition coefficient (Wildman–Crippen LogP) is 2.88. The number of hydrogen-bond acceptors (Lipinski definition) is 7. The van der Waals surface area contributed by atoms with Crippen LogP contribution < -0.4 is 10.1 Å². The molecule has 3 aromatic carbocycles. The maximum absolute atomic E-state index is 13.7. The van der Waals surface area contributed by atoms with E-state index in [1.54, 1.807) is 24.3 Å². The zero-order valence-corrected chi connectivity index (χ0v) is 25.3. The number of rotatable bonds is 14. The fraction of sp³-hybridized carbons (Fsp3) is 0.355. The Morgan fingerprint density at radius 2 is 1.65 bits per heavy atom. The van der Waals surface area contributed by atoms with Gasteiger partial charge in [0.1, 0.15) is 11.8 Å². The predicted molar refractivity (Wildman–Crippen MR) is 162 cm³/mol. The second-order valence-electron chi connectivity index (χ2n) is 10.00. The molecule has 0 aromatic heterocycles. The molecule has 0 aliphatic carbocycles. The Morgan fingerprint density at radius 3 is 2.30 bits per heavy atom. The fourth-order valence-electron chi connectivity index (χ4n) is 4.62. The normalized spacial score (nSPS) is 14.6. The highest BCUT2D eigenvalue weighted by molar-refractivity contribution is 7.89. The zero-order valence-electron chi connectivity index (χ0n) is 23.7. The first-order chi connectivity index (χ1) is 20.8. The zero-order chi connectivity index (χ0) is 30.7. The lowest BCUT2D eigenvalue weighted by Crippen LogP contribution is -2.51. The number of hydrogen-bond donors (Lipinski definition) is 2. The van der Waals surface area contributed by atoms with E-state index in [2.05, 4.69) is 5.32 Å². The molecule has 0 spiro atoms. The minimum absolute atomic E-state index is 0.0720. The summed E-state index contributed by atoms with van der Waals surface area (Å²) in [5.41, 5.74) is 1.65. The van der Waals surface area contributed by atoms with Crippen LogP contribution in [0.1, 0.15) is 17.5 Å². The van der Waals surface area contributed by atoms with Crippen molar-refractivity contribution in [2.45, 2.75) is 30.3 Å². The van der Waals surface area contributed by atoms with Crippen LogP contribution >= 0.6 is 11.6 Å². The summed E-state index contributed by atoms with van der Waals surface area (Å²) in [7, 11) is -3.67. The maximum atomic E-state index is 13.7. The maximum Gasteiger partial charge on any atom is 0.261 e. The molecule has 1 aliphatic rings. The standard InChI is InChI=1S/C31H36ClN3O7S/c32-26-9-7-25(8-10-26)22-35(29(31(38)33-15-4-18-36)21-24-5-2-1-3-6-24)30(37)23-42-27-11-13-28(14-12-27)43(39,40)34-16-19-41-20-17-34/h1-3,5-14,29,36H,4,15-23H2,(H,33,38)/t29-/m1/s1. The second-order valence-corrected chi connectivity index (χ2v) is 12.4. The van der Waals surface area contributed by atoms with Crippen molar-refractivity contribution < 1.29 is 32.6 Å². The van der Waals surface area contributed by atoms with Crippen molar-refractivity contribution >= 4 is 33.4 Å². The van der Waals surface area contributed by atoms with E-state index in [0.29, 0.717) is 30.4 Å². The molecule has 0 bridgehead atoms. The van der Waals surface area contributed by atoms with E-state index in [1.165, 1.54) is 33.5 Å². The van der Waals surface area contributed by atoms with Gasteiger partial charge in [-0.3, -0.25) is 9.59 Å². The Bertz CT molecular complexity index is 1430. The highest BCUT2D eigenvalue weighted by Crippen LogP contribution is 2.22. The van der Waals surface area contributed by atoms with Gasteiger partial charge in [0, 0.05) is 44.2 Å². The molecule has 4 rings (SSSR count). The SMILES string of the molecule is O=C(NCCCO)[C@@H](Cc1ccccc1)N(Cc1ccc(Cl)cc1)C(=O)COc1ccc(S(=O)(=O)N2CCOCC2)cc1. The van der Waals surface area contributed by atoms with Crippen LogP contribution in [0.4, 0.5) is 0 Å². The number of carbonyl (C=O) groups is 2. The van der Waals surface area contributed by atoms with E-state index in [1.807, 2.05) is 30.3 Å². The number of ether oxygens (including phenoxy) is 2. The molecule has 10 nitrogen and oxygen atoms in total. The first kappa shape index (κ1) is 32.4. The van der Waals surface area contributed by atoms with Crippen molar-refractivity contribution in [3.63, 3.8) is 0 Å². The minimum Gasteiger partial charge on any atom is -0.484 e. The van der Waals surface area contributed by atoms with Crippen LogP contribution in [0.25, 0.3) is 0 Å². The third-order valence-corrected chi connectivity index (χ3v) is 9.13. The van der Waals surface area contributed by atoms with Crippen LogP contribution in [0.3, 0.4) is 0 Å². The molecule has 230 valence electrons. The number of sulfonamides is 1. The van der Waals surface area contributed by atoms with Crippen molar-refractivity contribution in [2.75, 3.05) is 46.1 Å². The van der Waals surface area contributed by atoms with Crippen LogP contribution in [-0.2, 0) is 37.3 Å². The third-order valence-electron chi connectivity index (χ3n) is 6.97. The van der Waals surface area contributed by atoms with Crippen molar-refractivity contribution in [1.82, 2.24) is 14.5 Å². The van der Waals surface area contributed by atoms with Crippen molar-refractivity contribution in [3.8, 4) is 5.75 Å². The number of aliphatic hydroxyl groups excluding tert-OH is 1. The molecule has 1 fully saturated rings. The van der Waals surface area contributed by atoms with Crippen LogP contribution in [0.2, 0.25) is 5.02 Å². The van der Waals surface area contributed by atoms with Gasteiger partial charge in [-0.2, -0.15) is 4.31 Å². The Morgan fingerprint density at radius 1 is 0.977 bits per heavy atom. The number of amides is 2. The monoisotopic (exact) mass is 629 g/mol. The number of aliphatic hydroxyl groups is 1. The van der Waals surface area contributed by atoms with Crippen molar-refractivity contribution in [2.24, 2.45) is 0 Å². The summed E-state index contributed by atoms with van der Waals surface area (Å²) < 4.78 is 38.3. The van der Waals surface area contributed by atoms with Gasteiger partial charge in [0.25, 0.3) is 5.91 Å². The Balaban J connectivity index is 1.53. The smallest absolute Gasteiger partial charge is 0.261 e. The molecule has 1 saturated heterocycles. The molecule has 1 heterocycles. The summed E-state index contributed by atoms with van der Waals surface area (Å²) in [6, 6.07) is 21.5. The number of carbonyl (C=O) groups excluding carboxylic acids is 2. The van der Waals surface area contributed by atoms with Crippen molar-refractivity contribution in [1.29, 1.82) is 0 Å². The summed E-state index contributed by atoms with van der Waals surface area (Å²) in [5, 5.41) is 12.6. The fourth-order valence-corrected chi connectivity index (χ4v) is 6.15. The third kappa shape index (κ3) is 9.25. The van der Waals surface area contributed by atoms with Gasteiger partial charge in [-0.1, -0.05) is 54.1 Å². The first-order valence-corrected chi connectivity index (χ1v) is 15.9. The van der Waals surface area contributed by atoms with Crippen LogP contribution in [0.5, 0.6) is 5.75 Å². The van der Waals surface area contributed by atoms with Gasteiger partial charge in [0.05, 0.1) is 18.1 Å². The lowest BCUT2D eigenvalue weighted by atomic mass is 10.0. The Labute approximate surface area is 257 Å². The number of halogens is 1. The molecule has 12 heteroatoms. The second kappa shape index (κ2) is 15.8. The summed E-state index contributed by atoms with van der Waals surface area (Å²) in [6.07, 6.45) is 0.647. The molecule has 1 aliphatic heterocycles. The number of nitrogens with zero attached hydrogens (tertiary/aromatic N) is 2. The van der Waals surface area contributed by atoms with E-state index in [4.69, 9.17) is 21.1 Å². The van der Waals surface area contributed by atoms with Gasteiger partial charge in [-0.15, -0.1) is 0 Å². The van der Waals surface area contributed by atoms with E-state index in [9.17, 15) is 23.1 Å². The van der Waals surface area contributed by atoms with Crippen LogP contribution in [-0.4, -0.2) is 86.6 Å². The van der Waals surface area contributed by atoms with Gasteiger partial charge < -0.3 is 24.8 Å². The van der Waals surface area contributed by atoms with Gasteiger partial charge in [0.15, 0.2) is 6.61 Å². The van der Waals surface area contributed by atoms with Crippen molar-refractivity contribution in [3.05, 3.63) is 95.0 Å². The van der Waals surface area contributed by atoms with Gasteiger partial charge in [-0.25, -0.2) is 8.42 Å². The summed E-state index contributed by atoms with van der Waals surface area (Å²) in [6.45, 7) is 1.21. The minimum atomic E-state index is -3.67. The number of nitrogens with one attached hydrogen (secondary N) is 1. The van der Waals surface area contributed by atoms with Gasteiger partial charge in [-0.05, 0) is 53.9 Å². The molecule has 43 heavy (non-hydrogen) atoms. The quantitative estimate of drug-likeness (QED) is 0.263. The molecule has 3 aromatic rings.